The average Bonchev–Trinajstić information content (AvgIpc) is 2.49. The number of aliphatic hydroxyl groups excluding tert-OH is 4. The molecule has 1 saturated heterocycles. The number of ether oxygens (including phenoxy) is 1. The molecule has 1 unspecified atom stereocenters. The van der Waals surface area contributed by atoms with E-state index < -0.39 is 46.4 Å². The van der Waals surface area contributed by atoms with Gasteiger partial charge in [0.25, 0.3) is 0 Å². The summed E-state index contributed by atoms with van der Waals surface area (Å²) in [6.45, 7) is 5.41. The van der Waals surface area contributed by atoms with Crippen molar-refractivity contribution in [2.75, 3.05) is 26.4 Å². The van der Waals surface area contributed by atoms with Crippen molar-refractivity contribution in [1.82, 2.24) is 0 Å². The van der Waals surface area contributed by atoms with Crippen LogP contribution in [0.25, 0.3) is 0 Å². The van der Waals surface area contributed by atoms with E-state index in [1.54, 1.807) is 20.8 Å². The fourth-order valence-electron chi connectivity index (χ4n) is 2.06. The lowest BCUT2D eigenvalue weighted by molar-refractivity contribution is -0.293. The summed E-state index contributed by atoms with van der Waals surface area (Å²) in [6, 6.07) is 0. The summed E-state index contributed by atoms with van der Waals surface area (Å²) in [4.78, 5) is 0. The van der Waals surface area contributed by atoms with Crippen molar-refractivity contribution in [2.24, 2.45) is 0 Å². The van der Waals surface area contributed by atoms with E-state index in [9.17, 15) is 20.4 Å². The zero-order valence-electron chi connectivity index (χ0n) is 13.0. The van der Waals surface area contributed by atoms with Crippen LogP contribution in [-0.2, 0) is 22.4 Å². The third-order valence-electron chi connectivity index (χ3n) is 3.07. The summed E-state index contributed by atoms with van der Waals surface area (Å²) in [7, 11) is -3.58. The van der Waals surface area contributed by atoms with Crippen LogP contribution in [0, 0.1) is 0 Å². The van der Waals surface area contributed by atoms with Crippen molar-refractivity contribution >= 4 is 9.05 Å². The fourth-order valence-corrected chi connectivity index (χ4v) is 4.06. The van der Waals surface area contributed by atoms with Crippen LogP contribution in [0.2, 0.25) is 0 Å². The second kappa shape index (κ2) is 9.23. The van der Waals surface area contributed by atoms with Gasteiger partial charge < -0.3 is 42.9 Å². The van der Waals surface area contributed by atoms with Crippen LogP contribution in [0.5, 0.6) is 0 Å². The Morgan fingerprint density at radius 1 is 0.864 bits per heavy atom. The second-order valence-corrected chi connectivity index (χ2v) is 6.72. The zero-order chi connectivity index (χ0) is 16.8. The molecule has 5 atom stereocenters. The predicted molar refractivity (Wildman–Crippen MR) is 75.5 cm³/mol. The Hall–Kier alpha value is -0.143. The van der Waals surface area contributed by atoms with Gasteiger partial charge in [0.1, 0.15) is 24.4 Å². The summed E-state index contributed by atoms with van der Waals surface area (Å²) in [6.07, 6.45) is -6.95. The Labute approximate surface area is 130 Å². The minimum absolute atomic E-state index is 0.254. The lowest BCUT2D eigenvalue weighted by Gasteiger charge is -2.41. The molecule has 4 N–H and O–H groups in total. The molecule has 1 aliphatic heterocycles. The number of aliphatic hydroxyl groups is 4. The summed E-state index contributed by atoms with van der Waals surface area (Å²) < 4.78 is 27.3. The first-order valence-corrected chi connectivity index (χ1v) is 8.98. The smallest absolute Gasteiger partial charge is 0.394 e. The highest BCUT2D eigenvalue weighted by Gasteiger charge is 2.53. The van der Waals surface area contributed by atoms with Gasteiger partial charge in [0.2, 0.25) is 0 Å². The molecule has 0 aromatic carbocycles. The Bertz CT molecular complexity index is 300. The van der Waals surface area contributed by atoms with Gasteiger partial charge in [-0.05, 0) is 20.8 Å². The molecule has 0 amide bonds. The Balaban J connectivity index is 2.89. The molecular weight excluding hydrogens is 316 g/mol. The molecule has 0 radical (unpaired) electrons. The quantitative estimate of drug-likeness (QED) is 0.364. The number of hydrogen-bond acceptors (Lipinski definition) is 9. The summed E-state index contributed by atoms with van der Waals surface area (Å²) in [5.41, 5.74) is 0. The highest BCUT2D eigenvalue weighted by Crippen LogP contribution is 2.26. The zero-order valence-corrected chi connectivity index (χ0v) is 14.0. The SMILES string of the molecule is CCO[Si](OCC)(OCC)OC1O[C@H](CO)[C@@H](O)[C@H](O)[C@@H]1O. The van der Waals surface area contributed by atoms with Gasteiger partial charge >= 0.3 is 9.05 Å². The molecule has 0 aliphatic carbocycles. The van der Waals surface area contributed by atoms with Gasteiger partial charge in [-0.15, -0.1) is 0 Å². The minimum atomic E-state index is -3.58. The Kier molecular flexibility index (Phi) is 8.35. The molecule has 132 valence electrons. The molecule has 10 heteroatoms. The van der Waals surface area contributed by atoms with Gasteiger partial charge in [0.15, 0.2) is 6.29 Å². The highest BCUT2D eigenvalue weighted by atomic mass is 28.4. The lowest BCUT2D eigenvalue weighted by Crippen LogP contribution is -2.63. The van der Waals surface area contributed by atoms with Gasteiger partial charge in [0.05, 0.1) is 6.61 Å². The highest BCUT2D eigenvalue weighted by molar-refractivity contribution is 6.53. The minimum Gasteiger partial charge on any atom is -0.394 e. The molecule has 0 aromatic rings. The van der Waals surface area contributed by atoms with Crippen molar-refractivity contribution in [3.63, 3.8) is 0 Å². The largest absolute Gasteiger partial charge is 0.681 e. The van der Waals surface area contributed by atoms with Gasteiger partial charge in [-0.1, -0.05) is 0 Å². The molecular formula is C12H26O9Si. The van der Waals surface area contributed by atoms with Crippen LogP contribution in [0.3, 0.4) is 0 Å². The van der Waals surface area contributed by atoms with E-state index >= 15 is 0 Å². The standard InChI is InChI=1S/C12H26O9Si/c1-4-17-22(18-5-2,19-6-3)21-12-11(16)10(15)9(14)8(7-13)20-12/h8-16H,4-7H2,1-3H3/t8-,9-,10+,11+,12?/m1/s1. The second-order valence-electron chi connectivity index (χ2n) is 4.61. The van der Waals surface area contributed by atoms with Crippen LogP contribution >= 0.6 is 0 Å². The molecule has 1 fully saturated rings. The van der Waals surface area contributed by atoms with Gasteiger partial charge in [0, 0.05) is 19.8 Å². The van der Waals surface area contributed by atoms with Gasteiger partial charge in [-0.3, -0.25) is 0 Å². The average molecular weight is 342 g/mol. The molecule has 22 heavy (non-hydrogen) atoms. The van der Waals surface area contributed by atoms with Gasteiger partial charge in [-0.25, -0.2) is 0 Å². The van der Waals surface area contributed by atoms with E-state index in [0.717, 1.165) is 0 Å². The van der Waals surface area contributed by atoms with Crippen molar-refractivity contribution < 1.29 is 42.9 Å². The van der Waals surface area contributed by atoms with E-state index in [-0.39, 0.29) is 19.8 Å². The maximum Gasteiger partial charge on any atom is 0.681 e. The van der Waals surface area contributed by atoms with Crippen molar-refractivity contribution in [1.29, 1.82) is 0 Å². The molecule has 9 nitrogen and oxygen atoms in total. The summed E-state index contributed by atoms with van der Waals surface area (Å²) >= 11 is 0. The molecule has 1 heterocycles. The third kappa shape index (κ3) is 4.68. The normalized spacial score (nSPS) is 33.1. The fraction of sp³-hybridized carbons (Fsp3) is 1.00. The number of hydrogen-bond donors (Lipinski definition) is 4. The number of rotatable bonds is 9. The van der Waals surface area contributed by atoms with E-state index in [1.807, 2.05) is 0 Å². The van der Waals surface area contributed by atoms with E-state index in [4.69, 9.17) is 22.4 Å². The predicted octanol–water partition coefficient (Wildman–Crippen LogP) is -1.65. The summed E-state index contributed by atoms with van der Waals surface area (Å²) in [5, 5.41) is 38.7. The molecule has 0 bridgehead atoms. The topological polar surface area (TPSA) is 127 Å². The lowest BCUT2D eigenvalue weighted by atomic mass is 10.00. The molecule has 1 rings (SSSR count). The molecule has 0 spiro atoms. The maximum atomic E-state index is 10.0. The molecule has 0 saturated carbocycles. The van der Waals surface area contributed by atoms with Crippen LogP contribution in [-0.4, -0.2) is 86.6 Å². The van der Waals surface area contributed by atoms with Crippen LogP contribution < -0.4 is 0 Å². The van der Waals surface area contributed by atoms with E-state index in [1.165, 1.54) is 0 Å². The monoisotopic (exact) mass is 342 g/mol. The Morgan fingerprint density at radius 3 is 1.77 bits per heavy atom. The van der Waals surface area contributed by atoms with Gasteiger partial charge in [-0.2, -0.15) is 0 Å². The molecule has 0 aromatic heterocycles. The van der Waals surface area contributed by atoms with E-state index in [0.29, 0.717) is 0 Å². The first-order chi connectivity index (χ1) is 10.4. The van der Waals surface area contributed by atoms with E-state index in [2.05, 4.69) is 0 Å². The van der Waals surface area contributed by atoms with Crippen molar-refractivity contribution in [3.8, 4) is 0 Å². The first kappa shape index (κ1) is 19.9. The van der Waals surface area contributed by atoms with Crippen LogP contribution in [0.15, 0.2) is 0 Å². The first-order valence-electron chi connectivity index (χ1n) is 7.34. The van der Waals surface area contributed by atoms with Crippen molar-refractivity contribution in [3.05, 3.63) is 0 Å². The van der Waals surface area contributed by atoms with Crippen LogP contribution in [0.4, 0.5) is 0 Å². The molecule has 1 aliphatic rings. The van der Waals surface area contributed by atoms with Crippen LogP contribution in [0.1, 0.15) is 20.8 Å². The Morgan fingerprint density at radius 2 is 1.36 bits per heavy atom. The third-order valence-corrected chi connectivity index (χ3v) is 5.52. The van der Waals surface area contributed by atoms with Crippen molar-refractivity contribution in [2.45, 2.75) is 51.5 Å². The summed E-state index contributed by atoms with van der Waals surface area (Å²) in [5.74, 6) is 0. The maximum absolute atomic E-state index is 10.0.